The normalized spacial score (nSPS) is 13.1. The Bertz CT molecular complexity index is 2820. The van der Waals surface area contributed by atoms with Gasteiger partial charge in [-0.15, -0.1) is 4.58 Å². The number of alkyl halides is 3. The lowest BCUT2D eigenvalue weighted by atomic mass is 9.92. The van der Waals surface area contributed by atoms with Crippen molar-refractivity contribution in [1.82, 2.24) is 9.97 Å². The Hall–Kier alpha value is -6.92. The highest BCUT2D eigenvalue weighted by Gasteiger charge is 2.41. The van der Waals surface area contributed by atoms with Gasteiger partial charge in [0.05, 0.1) is 23.5 Å². The monoisotopic (exact) mass is 714 g/mol. The summed E-state index contributed by atoms with van der Waals surface area (Å²) in [6.45, 7) is 8.76. The van der Waals surface area contributed by atoms with Crippen LogP contribution in [0.15, 0.2) is 97.3 Å². The van der Waals surface area contributed by atoms with Crippen LogP contribution in [0.2, 0.25) is 0 Å². The summed E-state index contributed by atoms with van der Waals surface area (Å²) in [5.41, 5.74) is -3.44. The molecule has 1 aliphatic carbocycles. The maximum absolute atomic E-state index is 15.8. The van der Waals surface area contributed by atoms with Gasteiger partial charge < -0.3 is 0 Å². The van der Waals surface area contributed by atoms with E-state index in [4.69, 9.17) is 6.57 Å². The standard InChI is InChI=1S/C41H19F7N5/c1-20-15-26-27-18-31(41(46,47)48)30(37-24-10-6-4-8-22(24)12-14-52-37)17-29(27)39(53(19-49)40-34(44)32(42)38(50-2)33(43)35(40)45)28(26)16-25(20)36-23-9-5-3-7-21(23)11-13-51-36/h3-18H,1H3/q+1. The summed E-state index contributed by atoms with van der Waals surface area (Å²) in [7, 11) is 0. The molecule has 5 aromatic carbocycles. The summed E-state index contributed by atoms with van der Waals surface area (Å²) in [5.74, 6) is -8.15. The van der Waals surface area contributed by atoms with Gasteiger partial charge in [0.2, 0.25) is 5.69 Å². The fourth-order valence-electron chi connectivity index (χ4n) is 7.00. The van der Waals surface area contributed by atoms with E-state index in [2.05, 4.69) is 14.8 Å². The van der Waals surface area contributed by atoms with Gasteiger partial charge in [-0.3, -0.25) is 9.97 Å². The minimum Gasteiger partial charge on any atom is -0.256 e. The first-order valence-electron chi connectivity index (χ1n) is 15.8. The van der Waals surface area contributed by atoms with E-state index in [0.29, 0.717) is 37.6 Å². The molecule has 7 aromatic rings. The smallest absolute Gasteiger partial charge is 0.256 e. The SMILES string of the molecule is [C-]#[N+]c1c(F)c(F)c([N+](C#N)=C2c3cc(-c4nccc5ccccc45)c(C)cc3-c3cc(C(F)(F)F)c(-c4nccc5ccccc45)cc32)c(F)c1F. The lowest BCUT2D eigenvalue weighted by molar-refractivity contribution is -0.345. The molecule has 53 heavy (non-hydrogen) atoms. The number of rotatable bonds is 3. The molecule has 0 spiro atoms. The van der Waals surface area contributed by atoms with Crippen LogP contribution in [-0.2, 0) is 6.18 Å². The molecule has 0 N–H and O–H groups in total. The zero-order valence-corrected chi connectivity index (χ0v) is 27.1. The van der Waals surface area contributed by atoms with Crippen molar-refractivity contribution in [2.75, 3.05) is 0 Å². The van der Waals surface area contributed by atoms with E-state index in [-0.39, 0.29) is 33.7 Å². The van der Waals surface area contributed by atoms with E-state index in [1.165, 1.54) is 12.3 Å². The predicted molar refractivity (Wildman–Crippen MR) is 184 cm³/mol. The van der Waals surface area contributed by atoms with Gasteiger partial charge in [0, 0.05) is 45.4 Å². The molecule has 0 bridgehead atoms. The van der Waals surface area contributed by atoms with Crippen molar-refractivity contribution in [1.29, 1.82) is 5.26 Å². The summed E-state index contributed by atoms with van der Waals surface area (Å²) in [4.78, 5) is 11.4. The Kier molecular flexibility index (Phi) is 7.59. The summed E-state index contributed by atoms with van der Waals surface area (Å²) >= 11 is 0. The molecule has 0 atom stereocenters. The van der Waals surface area contributed by atoms with Crippen LogP contribution >= 0.6 is 0 Å². The van der Waals surface area contributed by atoms with Crippen LogP contribution in [0, 0.1) is 48.2 Å². The summed E-state index contributed by atoms with van der Waals surface area (Å²) < 4.78 is 107. The molecular formula is C41H19F7N5+. The highest BCUT2D eigenvalue weighted by atomic mass is 19.4. The van der Waals surface area contributed by atoms with Crippen molar-refractivity contribution >= 4 is 38.6 Å². The van der Waals surface area contributed by atoms with Crippen molar-refractivity contribution in [2.24, 2.45) is 0 Å². The van der Waals surface area contributed by atoms with Gasteiger partial charge in [-0.05, 0) is 70.8 Å². The zero-order valence-electron chi connectivity index (χ0n) is 27.1. The quantitative estimate of drug-likeness (QED) is 0.0457. The first-order valence-corrected chi connectivity index (χ1v) is 15.8. The molecule has 2 aromatic heterocycles. The number of hydrogen-bond donors (Lipinski definition) is 0. The number of nitrogens with zero attached hydrogens (tertiary/aromatic N) is 5. The van der Waals surface area contributed by atoms with Gasteiger partial charge in [0.1, 0.15) is 0 Å². The van der Waals surface area contributed by atoms with E-state index in [1.807, 2.05) is 18.2 Å². The molecule has 0 radical (unpaired) electrons. The Labute approximate surface area is 296 Å². The van der Waals surface area contributed by atoms with Crippen LogP contribution in [0.25, 0.3) is 60.0 Å². The lowest BCUT2D eigenvalue weighted by Crippen LogP contribution is -2.18. The van der Waals surface area contributed by atoms with Crippen molar-refractivity contribution in [2.45, 2.75) is 13.1 Å². The second kappa shape index (κ2) is 12.1. The van der Waals surface area contributed by atoms with Crippen LogP contribution in [0.3, 0.4) is 0 Å². The summed E-state index contributed by atoms with van der Waals surface area (Å²) in [6.07, 6.45) is -0.413. The van der Waals surface area contributed by atoms with E-state index in [9.17, 15) is 5.26 Å². The molecule has 2 heterocycles. The summed E-state index contributed by atoms with van der Waals surface area (Å²) in [6, 6.07) is 22.4. The van der Waals surface area contributed by atoms with Crippen LogP contribution in [-0.4, -0.2) is 20.3 Å². The third kappa shape index (κ3) is 5.02. The van der Waals surface area contributed by atoms with E-state index >= 15 is 30.7 Å². The van der Waals surface area contributed by atoms with Crippen molar-refractivity contribution in [3.8, 4) is 39.8 Å². The molecule has 8 rings (SSSR count). The van der Waals surface area contributed by atoms with Crippen molar-refractivity contribution in [3.05, 3.63) is 154 Å². The van der Waals surface area contributed by atoms with Crippen LogP contribution in [0.4, 0.5) is 42.1 Å². The van der Waals surface area contributed by atoms with Crippen molar-refractivity contribution in [3.63, 3.8) is 0 Å². The topological polar surface area (TPSA) is 56.9 Å². The van der Waals surface area contributed by atoms with Crippen LogP contribution < -0.4 is 0 Å². The number of aromatic nitrogens is 2. The van der Waals surface area contributed by atoms with E-state index in [1.54, 1.807) is 67.8 Å². The number of fused-ring (bicyclic) bond motifs is 5. The Morgan fingerprint density at radius 2 is 1.17 bits per heavy atom. The molecule has 0 aliphatic heterocycles. The first-order chi connectivity index (χ1) is 25.4. The Balaban J connectivity index is 1.53. The molecule has 0 fully saturated rings. The molecule has 0 amide bonds. The molecule has 0 saturated carbocycles. The lowest BCUT2D eigenvalue weighted by Gasteiger charge is -2.17. The molecule has 12 heteroatoms. The summed E-state index contributed by atoms with van der Waals surface area (Å²) in [5, 5.41) is 13.0. The minimum absolute atomic E-state index is 0.0295. The fraction of sp³-hybridized carbons (Fsp3) is 0.0488. The second-order valence-corrected chi connectivity index (χ2v) is 12.3. The second-order valence-electron chi connectivity index (χ2n) is 12.3. The molecule has 1 aliphatic rings. The van der Waals surface area contributed by atoms with Gasteiger partial charge in [-0.1, -0.05) is 48.5 Å². The molecule has 256 valence electrons. The van der Waals surface area contributed by atoms with Crippen LogP contribution in [0.1, 0.15) is 22.3 Å². The van der Waals surface area contributed by atoms with Gasteiger partial charge >= 0.3 is 12.4 Å². The highest BCUT2D eigenvalue weighted by molar-refractivity contribution is 6.24. The largest absolute Gasteiger partial charge is 0.465 e. The number of hydrogen-bond acceptors (Lipinski definition) is 3. The minimum atomic E-state index is -4.93. The first kappa shape index (κ1) is 33.2. The molecular weight excluding hydrogens is 695 g/mol. The number of nitriles is 1. The number of pyridine rings is 2. The third-order valence-electron chi connectivity index (χ3n) is 9.36. The number of benzene rings is 5. The average Bonchev–Trinajstić information content (AvgIpc) is 3.46. The van der Waals surface area contributed by atoms with Crippen molar-refractivity contribution < 1.29 is 35.3 Å². The fourth-order valence-corrected chi connectivity index (χ4v) is 7.00. The maximum Gasteiger partial charge on any atom is 0.465 e. The molecule has 5 nitrogen and oxygen atoms in total. The average molecular weight is 715 g/mol. The Morgan fingerprint density at radius 1 is 0.660 bits per heavy atom. The molecule has 0 unspecified atom stereocenters. The van der Waals surface area contributed by atoms with Crippen LogP contribution in [0.5, 0.6) is 0 Å². The Morgan fingerprint density at radius 3 is 1.70 bits per heavy atom. The zero-order chi connectivity index (χ0) is 37.3. The third-order valence-corrected chi connectivity index (χ3v) is 9.36. The van der Waals surface area contributed by atoms with Gasteiger partial charge in [0.25, 0.3) is 5.69 Å². The van der Waals surface area contributed by atoms with Gasteiger partial charge in [0.15, 0.2) is 34.2 Å². The molecule has 0 saturated heterocycles. The maximum atomic E-state index is 15.8. The highest BCUT2D eigenvalue weighted by Crippen LogP contribution is 2.48. The predicted octanol–water partition coefficient (Wildman–Crippen LogP) is 11.2. The number of halogens is 7. The van der Waals surface area contributed by atoms with Gasteiger partial charge in [-0.2, -0.15) is 13.2 Å². The van der Waals surface area contributed by atoms with E-state index < -0.39 is 51.9 Å². The number of aryl methyl sites for hydroxylation is 1. The van der Waals surface area contributed by atoms with Gasteiger partial charge in [-0.25, -0.2) is 22.4 Å². The van der Waals surface area contributed by atoms with E-state index in [0.717, 1.165) is 17.5 Å².